The zero-order valence-corrected chi connectivity index (χ0v) is 21.9. The van der Waals surface area contributed by atoms with Crippen molar-refractivity contribution in [2.45, 2.75) is 0 Å². The van der Waals surface area contributed by atoms with Crippen LogP contribution in [0.4, 0.5) is 11.4 Å². The average Bonchev–Trinajstić information content (AvgIpc) is 3.19. The number of anilines is 2. The molecule has 0 aromatic heterocycles. The Bertz CT molecular complexity index is 1320. The summed E-state index contributed by atoms with van der Waals surface area (Å²) in [6, 6.07) is 15.1. The maximum absolute atomic E-state index is 12.7. The molecule has 0 bridgehead atoms. The van der Waals surface area contributed by atoms with E-state index >= 15 is 0 Å². The van der Waals surface area contributed by atoms with Crippen molar-refractivity contribution < 1.29 is 23.9 Å². The molecule has 0 atom stereocenters. The van der Waals surface area contributed by atoms with Crippen LogP contribution in [-0.2, 0) is 23.9 Å². The number of nitrogens with zero attached hydrogens (tertiary/aromatic N) is 3. The topological polar surface area (TPSA) is 79.4 Å². The molecule has 1 saturated heterocycles. The van der Waals surface area contributed by atoms with Crippen LogP contribution in [0.3, 0.4) is 0 Å². The Kier molecular flexibility index (Phi) is 8.66. The molecule has 9 heteroatoms. The molecule has 0 saturated carbocycles. The molecule has 38 heavy (non-hydrogen) atoms. The Labute approximate surface area is 226 Å². The van der Waals surface area contributed by atoms with E-state index in [1.807, 2.05) is 53.4 Å². The summed E-state index contributed by atoms with van der Waals surface area (Å²) in [6.07, 6.45) is 9.91. The smallest absolute Gasteiger partial charge is 0.355 e. The van der Waals surface area contributed by atoms with E-state index in [2.05, 4.69) is 4.90 Å². The molecule has 4 rings (SSSR count). The van der Waals surface area contributed by atoms with Gasteiger partial charge in [0.15, 0.2) is 0 Å². The van der Waals surface area contributed by atoms with Gasteiger partial charge in [-0.05, 0) is 42.0 Å². The maximum Gasteiger partial charge on any atom is 0.355 e. The summed E-state index contributed by atoms with van der Waals surface area (Å²) in [7, 11) is 2.50. The van der Waals surface area contributed by atoms with Crippen LogP contribution in [0.25, 0.3) is 6.08 Å². The Morgan fingerprint density at radius 1 is 0.895 bits per heavy atom. The number of ether oxygens (including phenoxy) is 2. The molecule has 0 aliphatic carbocycles. The van der Waals surface area contributed by atoms with E-state index in [0.717, 1.165) is 11.3 Å². The van der Waals surface area contributed by atoms with Gasteiger partial charge in [-0.25, -0.2) is 9.59 Å². The predicted molar refractivity (Wildman–Crippen MR) is 148 cm³/mol. The summed E-state index contributed by atoms with van der Waals surface area (Å²) < 4.78 is 9.82. The van der Waals surface area contributed by atoms with E-state index in [0.29, 0.717) is 36.9 Å². The van der Waals surface area contributed by atoms with Crippen molar-refractivity contribution in [3.63, 3.8) is 0 Å². The highest BCUT2D eigenvalue weighted by Crippen LogP contribution is 2.34. The lowest BCUT2D eigenvalue weighted by atomic mass is 10.1. The average molecular weight is 534 g/mol. The Morgan fingerprint density at radius 3 is 2.26 bits per heavy atom. The number of rotatable bonds is 6. The fourth-order valence-electron chi connectivity index (χ4n) is 4.27. The van der Waals surface area contributed by atoms with Gasteiger partial charge in [-0.1, -0.05) is 48.0 Å². The summed E-state index contributed by atoms with van der Waals surface area (Å²) in [5.74, 6) is -1.38. The summed E-state index contributed by atoms with van der Waals surface area (Å²) in [4.78, 5) is 43.2. The second kappa shape index (κ2) is 12.3. The minimum atomic E-state index is -0.691. The third-order valence-corrected chi connectivity index (χ3v) is 6.55. The Hall–Kier alpha value is -4.30. The lowest BCUT2D eigenvalue weighted by molar-refractivity contribution is -0.139. The van der Waals surface area contributed by atoms with Crippen LogP contribution in [0.15, 0.2) is 90.3 Å². The lowest BCUT2D eigenvalue weighted by Gasteiger charge is -2.36. The molecule has 196 valence electrons. The number of esters is 2. The maximum atomic E-state index is 12.7. The third kappa shape index (κ3) is 5.98. The van der Waals surface area contributed by atoms with E-state index in [4.69, 9.17) is 21.1 Å². The number of carbonyl (C=O) groups excluding carboxylic acids is 3. The highest BCUT2D eigenvalue weighted by Gasteiger charge is 2.28. The van der Waals surface area contributed by atoms with Gasteiger partial charge in [-0.2, -0.15) is 0 Å². The molecule has 2 heterocycles. The normalized spacial score (nSPS) is 15.6. The largest absolute Gasteiger partial charge is 0.465 e. The van der Waals surface area contributed by atoms with Gasteiger partial charge < -0.3 is 24.2 Å². The number of halogens is 1. The monoisotopic (exact) mass is 533 g/mol. The molecule has 1 fully saturated rings. The summed E-state index contributed by atoms with van der Waals surface area (Å²) in [5, 5.41) is 0.473. The Morgan fingerprint density at radius 2 is 1.61 bits per heavy atom. The van der Waals surface area contributed by atoms with Crippen LogP contribution in [-0.4, -0.2) is 63.1 Å². The molecular weight excluding hydrogens is 506 g/mol. The van der Waals surface area contributed by atoms with Gasteiger partial charge >= 0.3 is 11.9 Å². The van der Waals surface area contributed by atoms with Crippen molar-refractivity contribution in [2.24, 2.45) is 0 Å². The highest BCUT2D eigenvalue weighted by molar-refractivity contribution is 6.33. The fraction of sp³-hybridized carbons (Fsp3) is 0.207. The molecule has 0 N–H and O–H groups in total. The van der Waals surface area contributed by atoms with Crippen molar-refractivity contribution in [1.82, 2.24) is 4.90 Å². The number of hydrogen-bond acceptors (Lipinski definition) is 7. The van der Waals surface area contributed by atoms with Gasteiger partial charge in [0.1, 0.15) is 5.70 Å². The first-order chi connectivity index (χ1) is 18.4. The van der Waals surface area contributed by atoms with E-state index < -0.39 is 11.9 Å². The second-order valence-corrected chi connectivity index (χ2v) is 8.92. The number of allylic oxidation sites excluding steroid dienone is 2. The van der Waals surface area contributed by atoms with Crippen molar-refractivity contribution in [3.8, 4) is 0 Å². The van der Waals surface area contributed by atoms with E-state index in [9.17, 15) is 14.4 Å². The molecule has 0 unspecified atom stereocenters. The number of hydrogen-bond donors (Lipinski definition) is 0. The van der Waals surface area contributed by atoms with E-state index in [1.165, 1.54) is 20.3 Å². The van der Waals surface area contributed by atoms with Crippen molar-refractivity contribution in [2.75, 3.05) is 50.2 Å². The summed E-state index contributed by atoms with van der Waals surface area (Å²) >= 11 is 6.70. The minimum absolute atomic E-state index is 0.0175. The van der Waals surface area contributed by atoms with Crippen LogP contribution < -0.4 is 9.80 Å². The fourth-order valence-corrected chi connectivity index (χ4v) is 4.57. The summed E-state index contributed by atoms with van der Waals surface area (Å²) in [5.41, 5.74) is 2.44. The molecule has 2 aliphatic heterocycles. The second-order valence-electron chi connectivity index (χ2n) is 8.51. The zero-order chi connectivity index (χ0) is 27.1. The van der Waals surface area contributed by atoms with Gasteiger partial charge in [0.25, 0.3) is 0 Å². The predicted octanol–water partition coefficient (Wildman–Crippen LogP) is 4.19. The quantitative estimate of drug-likeness (QED) is 0.407. The molecular formula is C29H28ClN3O5. The number of methoxy groups -OCH3 is 2. The number of piperazine rings is 1. The zero-order valence-electron chi connectivity index (χ0n) is 21.2. The van der Waals surface area contributed by atoms with Crippen LogP contribution in [0.1, 0.15) is 5.56 Å². The van der Waals surface area contributed by atoms with E-state index in [-0.39, 0.29) is 17.2 Å². The van der Waals surface area contributed by atoms with Gasteiger partial charge in [0, 0.05) is 44.1 Å². The van der Waals surface area contributed by atoms with Crippen LogP contribution in [0.2, 0.25) is 5.02 Å². The van der Waals surface area contributed by atoms with Crippen molar-refractivity contribution >= 4 is 46.9 Å². The molecule has 0 radical (unpaired) electrons. The van der Waals surface area contributed by atoms with Crippen LogP contribution >= 0.6 is 11.6 Å². The number of carbonyl (C=O) groups is 3. The van der Waals surface area contributed by atoms with Crippen molar-refractivity contribution in [3.05, 3.63) is 101 Å². The third-order valence-electron chi connectivity index (χ3n) is 6.25. The van der Waals surface area contributed by atoms with Gasteiger partial charge in [-0.15, -0.1) is 0 Å². The van der Waals surface area contributed by atoms with Crippen LogP contribution in [0.5, 0.6) is 0 Å². The number of benzene rings is 2. The highest BCUT2D eigenvalue weighted by atomic mass is 35.5. The Balaban J connectivity index is 1.49. The van der Waals surface area contributed by atoms with Crippen molar-refractivity contribution in [1.29, 1.82) is 0 Å². The molecule has 0 spiro atoms. The first kappa shape index (κ1) is 26.8. The number of amides is 1. The first-order valence-electron chi connectivity index (χ1n) is 12.0. The van der Waals surface area contributed by atoms with E-state index in [1.54, 1.807) is 35.4 Å². The van der Waals surface area contributed by atoms with Gasteiger partial charge in [-0.3, -0.25) is 4.79 Å². The minimum Gasteiger partial charge on any atom is -0.465 e. The molecule has 8 nitrogen and oxygen atoms in total. The summed E-state index contributed by atoms with van der Waals surface area (Å²) in [6.45, 7) is 2.37. The molecule has 1 amide bonds. The first-order valence-corrected chi connectivity index (χ1v) is 12.4. The lowest BCUT2D eigenvalue weighted by Crippen LogP contribution is -2.48. The molecule has 2 aromatic carbocycles. The van der Waals surface area contributed by atoms with Crippen LogP contribution in [0, 0.1) is 0 Å². The molecule has 2 aliphatic rings. The van der Waals surface area contributed by atoms with Gasteiger partial charge in [0.2, 0.25) is 5.91 Å². The molecule has 2 aromatic rings. The standard InChI is InChI=1S/C29H28ClN3O5/c1-37-28(35)23-10-6-7-15-33(27(23)29(36)38-2)22-12-13-25(24(30)20-22)31-16-18-32(19-17-31)26(34)14-11-21-8-4-3-5-9-21/h3-15,20H,16-19H2,1-2H3. The van der Waals surface area contributed by atoms with Gasteiger partial charge in [0.05, 0.1) is 30.5 Å². The SMILES string of the molecule is COC(=O)C1=C(C(=O)OC)N(c2ccc(N3CCN(C(=O)C=Cc4ccccc4)CC3)c(Cl)c2)C=CC=C1.